The van der Waals surface area contributed by atoms with Crippen molar-refractivity contribution in [3.63, 3.8) is 0 Å². The molecule has 0 bridgehead atoms. The van der Waals surface area contributed by atoms with Crippen molar-refractivity contribution in [3.05, 3.63) is 12.3 Å². The van der Waals surface area contributed by atoms with Gasteiger partial charge in [0.2, 0.25) is 0 Å². The number of aliphatic hydroxyl groups is 1. The van der Waals surface area contributed by atoms with E-state index in [2.05, 4.69) is 34.3 Å². The molecule has 3 heteroatoms. The minimum atomic E-state index is -0.350. The quantitative estimate of drug-likeness (QED) is 0.750. The molecule has 94 valence electrons. The third kappa shape index (κ3) is 2.77. The summed E-state index contributed by atoms with van der Waals surface area (Å²) < 4.78 is 0. The Balaban J connectivity index is 2.83. The summed E-state index contributed by atoms with van der Waals surface area (Å²) in [6, 6.07) is 0. The second-order valence-electron chi connectivity index (χ2n) is 6.01. The van der Waals surface area contributed by atoms with Gasteiger partial charge >= 0.3 is 0 Å². The molecule has 1 heterocycles. The Kier molecular flexibility index (Phi) is 3.70. The summed E-state index contributed by atoms with van der Waals surface area (Å²) in [5.41, 5.74) is 0.0108. The summed E-state index contributed by atoms with van der Waals surface area (Å²) in [4.78, 5) is 5.87. The Labute approximate surface area is 99.0 Å². The van der Waals surface area contributed by atoms with Crippen LogP contribution in [0.25, 0.3) is 0 Å². The molecule has 0 spiro atoms. The van der Waals surface area contributed by atoms with Crippen molar-refractivity contribution in [3.8, 4) is 0 Å². The third-order valence-electron chi connectivity index (χ3n) is 3.41. The number of piperidine rings is 1. The fourth-order valence-electron chi connectivity index (χ4n) is 2.48. The van der Waals surface area contributed by atoms with Crippen LogP contribution in [-0.4, -0.2) is 27.4 Å². The van der Waals surface area contributed by atoms with E-state index in [0.29, 0.717) is 0 Å². The molecule has 0 unspecified atom stereocenters. The van der Waals surface area contributed by atoms with E-state index >= 15 is 0 Å². The van der Waals surface area contributed by atoms with Crippen LogP contribution in [0.4, 0.5) is 0 Å². The van der Waals surface area contributed by atoms with Gasteiger partial charge in [0.25, 0.3) is 0 Å². The predicted molar refractivity (Wildman–Crippen MR) is 66.2 cm³/mol. The molecule has 0 saturated carbocycles. The number of hydrogen-bond donors (Lipinski definition) is 1. The zero-order chi connectivity index (χ0) is 12.6. The van der Waals surface area contributed by atoms with Gasteiger partial charge < -0.3 is 5.11 Å². The molecule has 0 aromatic heterocycles. The molecule has 1 aliphatic rings. The maximum atomic E-state index is 9.35. The van der Waals surface area contributed by atoms with Crippen molar-refractivity contribution in [2.45, 2.75) is 71.1 Å². The Morgan fingerprint density at radius 1 is 1.25 bits per heavy atom. The van der Waals surface area contributed by atoms with E-state index in [1.165, 1.54) is 6.42 Å². The lowest BCUT2D eigenvalue weighted by Gasteiger charge is -2.52. The van der Waals surface area contributed by atoms with Gasteiger partial charge in [-0.25, -0.2) is 0 Å². The van der Waals surface area contributed by atoms with Crippen molar-refractivity contribution in [1.82, 2.24) is 5.06 Å². The van der Waals surface area contributed by atoms with E-state index in [0.717, 1.165) is 12.8 Å². The average Bonchev–Trinajstić information content (AvgIpc) is 2.10. The normalized spacial score (nSPS) is 26.3. The fraction of sp³-hybridized carbons (Fsp3) is 0.846. The van der Waals surface area contributed by atoms with Crippen LogP contribution in [0, 0.1) is 0 Å². The van der Waals surface area contributed by atoms with Crippen LogP contribution in [0.5, 0.6) is 0 Å². The van der Waals surface area contributed by atoms with Gasteiger partial charge in [0.1, 0.15) is 11.9 Å². The smallest absolute Gasteiger partial charge is 0.133 e. The number of hydrogen-bond acceptors (Lipinski definition) is 3. The highest BCUT2D eigenvalue weighted by Crippen LogP contribution is 2.38. The Morgan fingerprint density at radius 2 is 1.69 bits per heavy atom. The lowest BCUT2D eigenvalue weighted by molar-refractivity contribution is -0.298. The summed E-state index contributed by atoms with van der Waals surface area (Å²) in [7, 11) is 0. The Hall–Kier alpha value is -0.540. The molecular weight excluding hydrogens is 202 g/mol. The monoisotopic (exact) mass is 227 g/mol. The summed E-state index contributed by atoms with van der Waals surface area (Å²) in [6.07, 6.45) is 3.09. The lowest BCUT2D eigenvalue weighted by Crippen LogP contribution is -2.59. The maximum Gasteiger partial charge on any atom is 0.133 e. The van der Waals surface area contributed by atoms with Crippen LogP contribution in [-0.2, 0) is 4.84 Å². The molecule has 0 radical (unpaired) electrons. The molecule has 16 heavy (non-hydrogen) atoms. The van der Waals surface area contributed by atoms with Crippen molar-refractivity contribution < 1.29 is 9.94 Å². The minimum Gasteiger partial charge on any atom is -0.510 e. The van der Waals surface area contributed by atoms with E-state index in [1.54, 1.807) is 0 Å². The highest BCUT2D eigenvalue weighted by atomic mass is 16.7. The highest BCUT2D eigenvalue weighted by molar-refractivity contribution is 4.95. The van der Waals surface area contributed by atoms with Crippen LogP contribution in [0.2, 0.25) is 0 Å². The number of aliphatic hydroxyl groups excluding tert-OH is 1. The third-order valence-corrected chi connectivity index (χ3v) is 3.41. The van der Waals surface area contributed by atoms with Crippen LogP contribution < -0.4 is 0 Å². The largest absolute Gasteiger partial charge is 0.510 e. The SMILES string of the molecule is C=C(O)[C@H](C)ON1C(C)(C)CCCC1(C)C. The molecule has 1 saturated heterocycles. The van der Waals surface area contributed by atoms with Crippen molar-refractivity contribution in [1.29, 1.82) is 0 Å². The molecule has 1 rings (SSSR count). The maximum absolute atomic E-state index is 9.35. The van der Waals surface area contributed by atoms with Gasteiger partial charge in [0.15, 0.2) is 0 Å². The van der Waals surface area contributed by atoms with Gasteiger partial charge in [0.05, 0.1) is 0 Å². The average molecular weight is 227 g/mol. The first-order chi connectivity index (χ1) is 7.17. The highest BCUT2D eigenvalue weighted by Gasteiger charge is 2.43. The summed E-state index contributed by atoms with van der Waals surface area (Å²) in [6.45, 7) is 14.1. The van der Waals surface area contributed by atoms with E-state index in [1.807, 2.05) is 12.0 Å². The van der Waals surface area contributed by atoms with Crippen LogP contribution in [0.3, 0.4) is 0 Å². The number of nitrogens with zero attached hydrogens (tertiary/aromatic N) is 1. The van der Waals surface area contributed by atoms with Gasteiger partial charge in [-0.05, 0) is 53.9 Å². The summed E-state index contributed by atoms with van der Waals surface area (Å²) in [5.74, 6) is 0.0807. The standard InChI is InChI=1S/C13H25NO2/c1-10(15)11(2)16-14-12(3,4)8-7-9-13(14,5)6/h11,15H,1,7-9H2,2-6H3/t11-/m0/s1. The molecule has 0 aliphatic carbocycles. The fourth-order valence-corrected chi connectivity index (χ4v) is 2.48. The molecule has 1 atom stereocenters. The van der Waals surface area contributed by atoms with Gasteiger partial charge in [-0.15, -0.1) is 0 Å². The first-order valence-electron chi connectivity index (χ1n) is 6.02. The first-order valence-corrected chi connectivity index (χ1v) is 6.02. The van der Waals surface area contributed by atoms with Crippen LogP contribution in [0.15, 0.2) is 12.3 Å². The Bertz CT molecular complexity index is 255. The minimum absolute atomic E-state index is 0.00542. The van der Waals surface area contributed by atoms with E-state index in [4.69, 9.17) is 4.84 Å². The van der Waals surface area contributed by atoms with Crippen molar-refractivity contribution in [2.75, 3.05) is 0 Å². The van der Waals surface area contributed by atoms with Crippen molar-refractivity contribution >= 4 is 0 Å². The van der Waals surface area contributed by atoms with Gasteiger partial charge in [-0.3, -0.25) is 4.84 Å². The molecule has 0 aromatic carbocycles. The summed E-state index contributed by atoms with van der Waals surface area (Å²) >= 11 is 0. The lowest BCUT2D eigenvalue weighted by atomic mass is 9.82. The predicted octanol–water partition coefficient (Wildman–Crippen LogP) is 3.42. The van der Waals surface area contributed by atoms with Gasteiger partial charge in [-0.2, -0.15) is 5.06 Å². The molecule has 0 amide bonds. The zero-order valence-electron chi connectivity index (χ0n) is 11.2. The number of rotatable bonds is 3. The second-order valence-corrected chi connectivity index (χ2v) is 6.01. The van der Waals surface area contributed by atoms with Crippen LogP contribution in [0.1, 0.15) is 53.9 Å². The molecule has 0 aromatic rings. The van der Waals surface area contributed by atoms with Gasteiger partial charge in [0, 0.05) is 11.1 Å². The Morgan fingerprint density at radius 3 is 2.06 bits per heavy atom. The van der Waals surface area contributed by atoms with Gasteiger partial charge in [-0.1, -0.05) is 6.58 Å². The molecule has 1 fully saturated rings. The summed E-state index contributed by atoms with van der Waals surface area (Å²) in [5, 5.41) is 11.4. The zero-order valence-corrected chi connectivity index (χ0v) is 11.2. The first kappa shape index (κ1) is 13.5. The molecule has 1 aliphatic heterocycles. The van der Waals surface area contributed by atoms with Crippen molar-refractivity contribution in [2.24, 2.45) is 0 Å². The molecule has 1 N–H and O–H groups in total. The second kappa shape index (κ2) is 4.38. The molecular formula is C13H25NO2. The van der Waals surface area contributed by atoms with Crippen LogP contribution >= 0.6 is 0 Å². The number of hydroxylamine groups is 2. The van der Waals surface area contributed by atoms with E-state index in [9.17, 15) is 5.11 Å². The van der Waals surface area contributed by atoms with E-state index in [-0.39, 0.29) is 22.9 Å². The molecule has 3 nitrogen and oxygen atoms in total. The topological polar surface area (TPSA) is 32.7 Å². The van der Waals surface area contributed by atoms with E-state index < -0.39 is 0 Å².